The quantitative estimate of drug-likeness (QED) is 0.0261. The normalized spacial score (nSPS) is 17.1. The van der Waals surface area contributed by atoms with Crippen molar-refractivity contribution < 1.29 is 67.0 Å². The number of benzene rings is 2. The summed E-state index contributed by atoms with van der Waals surface area (Å²) in [5.41, 5.74) is 7.47. The fourth-order valence-electron chi connectivity index (χ4n) is 12.6. The number of nitrogens with one attached hydrogen (secondary N) is 6. The molecule has 0 saturated carbocycles. The monoisotopic (exact) mass is 1330 g/mol. The molecule has 1 fully saturated rings. The first-order chi connectivity index (χ1) is 45.1. The third kappa shape index (κ3) is 24.4. The van der Waals surface area contributed by atoms with E-state index in [0.717, 1.165) is 16.0 Å². The van der Waals surface area contributed by atoms with Gasteiger partial charge in [-0.2, -0.15) is 0 Å². The second-order valence-corrected chi connectivity index (χ2v) is 26.3. The lowest BCUT2D eigenvalue weighted by Gasteiger charge is -2.41. The van der Waals surface area contributed by atoms with Gasteiger partial charge >= 0.3 is 12.0 Å². The van der Waals surface area contributed by atoms with Crippen LogP contribution in [-0.2, 0) is 75.0 Å². The van der Waals surface area contributed by atoms with Crippen LogP contribution in [-0.4, -0.2) is 201 Å². The molecule has 528 valence electrons. The Morgan fingerprint density at radius 1 is 0.684 bits per heavy atom. The summed E-state index contributed by atoms with van der Waals surface area (Å²) < 4.78 is 17.2. The lowest BCUT2D eigenvalue weighted by molar-refractivity contribution is -0.149. The third-order valence-electron chi connectivity index (χ3n) is 18.2. The molecule has 0 unspecified atom stereocenters. The molecular weight excluding hydrogens is 1220 g/mol. The summed E-state index contributed by atoms with van der Waals surface area (Å²) in [5.74, 6) is -5.71. The molecule has 0 spiro atoms. The Labute approximate surface area is 562 Å². The van der Waals surface area contributed by atoms with Crippen LogP contribution in [0, 0.1) is 29.6 Å². The van der Waals surface area contributed by atoms with Crippen molar-refractivity contribution in [3.63, 3.8) is 0 Å². The van der Waals surface area contributed by atoms with Crippen molar-refractivity contribution in [1.82, 2.24) is 46.2 Å². The zero-order valence-electron chi connectivity index (χ0n) is 58.5. The summed E-state index contributed by atoms with van der Waals surface area (Å²) in [6.45, 7) is 18.3. The number of carbonyl (C=O) groups is 11. The molecule has 95 heavy (non-hydrogen) atoms. The van der Waals surface area contributed by atoms with Crippen molar-refractivity contribution in [2.24, 2.45) is 35.3 Å². The Kier molecular flexibility index (Phi) is 33.5. The number of imide groups is 1. The number of likely N-dealkylation sites (N-methyl/N-ethyl adjacent to an activating group) is 2. The highest BCUT2D eigenvalue weighted by Crippen LogP contribution is 2.30. The van der Waals surface area contributed by atoms with Crippen LogP contribution in [0.5, 0.6) is 0 Å². The van der Waals surface area contributed by atoms with Crippen molar-refractivity contribution in [3.8, 4) is 0 Å². The minimum absolute atomic E-state index is 0.0717. The summed E-state index contributed by atoms with van der Waals surface area (Å²) in [5, 5.41) is 17.1. The van der Waals surface area contributed by atoms with Crippen LogP contribution in [0.25, 0.3) is 0 Å². The highest BCUT2D eigenvalue weighted by atomic mass is 16.5. The van der Waals surface area contributed by atoms with Crippen LogP contribution in [0.1, 0.15) is 144 Å². The fraction of sp³-hybridized carbons (Fsp3) is 0.643. The van der Waals surface area contributed by atoms with Gasteiger partial charge < -0.3 is 61.6 Å². The molecule has 25 heteroatoms. The standard InChI is InChI=1S/C70H109N11O14/c1-15-46(8)62(54(93-12)42-58(85)80-39-24-28-53(80)63(94-13)47(9)64(86)75-52(69(91)95-14)41-49-25-18-16-19-26-49)79(11)68(90)60(44(4)5)77-67(89)61(45(6)7)78(10)40-36-48-30-32-50(33-31-48)73-65(87)51(27-21-22-37-72-70(71)92)74-66(88)59(43(2)3)76-55(82)29-20-17-23-38-81-56(83)34-35-57(81)84/h16,18-19,25-26,30-35,43-47,51-54,59-63H,15,17,20-24,27-29,36-42H2,1-14H3,(H,73,87)(H,74,88)(H,75,86)(H,76,82)(H,77,89)(H3,71,72,92)/t46-,47+,51-,52-,53-,54+,59-,60-,61-,62-,63+/m0/s1. The van der Waals surface area contributed by atoms with Crippen LogP contribution in [0.15, 0.2) is 66.7 Å². The summed E-state index contributed by atoms with van der Waals surface area (Å²) in [6.07, 6.45) is 6.39. The van der Waals surface area contributed by atoms with Gasteiger partial charge in [-0.1, -0.05) is 118 Å². The van der Waals surface area contributed by atoms with E-state index in [4.69, 9.17) is 19.9 Å². The number of rotatable bonds is 41. The first-order valence-corrected chi connectivity index (χ1v) is 33.7. The van der Waals surface area contributed by atoms with Gasteiger partial charge in [0.2, 0.25) is 41.4 Å². The van der Waals surface area contributed by atoms with Crippen LogP contribution in [0.2, 0.25) is 0 Å². The largest absolute Gasteiger partial charge is 0.467 e. The zero-order chi connectivity index (χ0) is 70.6. The maximum atomic E-state index is 14.9. The number of hydrogen-bond acceptors (Lipinski definition) is 15. The lowest BCUT2D eigenvalue weighted by Crippen LogP contribution is -2.60. The number of primary amides is 1. The lowest BCUT2D eigenvalue weighted by atomic mass is 9.89. The molecule has 2 aliphatic heterocycles. The van der Waals surface area contributed by atoms with Crippen molar-refractivity contribution in [1.29, 1.82) is 0 Å². The maximum absolute atomic E-state index is 14.9. The molecule has 0 bridgehead atoms. The van der Waals surface area contributed by atoms with Gasteiger partial charge in [-0.3, -0.25) is 53.0 Å². The smallest absolute Gasteiger partial charge is 0.328 e. The average molecular weight is 1330 g/mol. The summed E-state index contributed by atoms with van der Waals surface area (Å²) >= 11 is 0. The molecule has 2 aromatic carbocycles. The minimum Gasteiger partial charge on any atom is -0.467 e. The van der Waals surface area contributed by atoms with Gasteiger partial charge in [0.25, 0.3) is 11.8 Å². The van der Waals surface area contributed by atoms with Crippen molar-refractivity contribution >= 4 is 70.9 Å². The van der Waals surface area contributed by atoms with Crippen molar-refractivity contribution in [2.75, 3.05) is 66.9 Å². The van der Waals surface area contributed by atoms with Crippen molar-refractivity contribution in [2.45, 2.75) is 200 Å². The zero-order valence-corrected chi connectivity index (χ0v) is 58.5. The number of likely N-dealkylation sites (tertiary alicyclic amines) is 1. The number of methoxy groups -OCH3 is 3. The predicted molar refractivity (Wildman–Crippen MR) is 361 cm³/mol. The van der Waals surface area contributed by atoms with E-state index in [1.807, 2.05) is 96.0 Å². The summed E-state index contributed by atoms with van der Waals surface area (Å²) in [4.78, 5) is 153. The first-order valence-electron chi connectivity index (χ1n) is 33.7. The molecule has 0 aromatic heterocycles. The number of esters is 1. The molecular formula is C70H109N11O14. The minimum atomic E-state index is -1.01. The highest BCUT2D eigenvalue weighted by Gasteiger charge is 2.44. The number of nitrogens with two attached hydrogens (primary N) is 1. The Morgan fingerprint density at radius 2 is 1.33 bits per heavy atom. The van der Waals surface area contributed by atoms with Gasteiger partial charge in [-0.05, 0) is 105 Å². The molecule has 2 aromatic rings. The molecule has 0 radical (unpaired) electrons. The van der Waals surface area contributed by atoms with E-state index in [-0.39, 0.29) is 97.9 Å². The SMILES string of the molecule is CC[C@H](C)[C@@H]([C@@H](CC(=O)N1CCC[C@H]1[C@H](OC)[C@@H](C)C(=O)N[C@@H](Cc1ccccc1)C(=O)OC)OC)N(C)C(=O)[C@@H](NC(=O)[C@H](C(C)C)N(C)CCc1ccc(NC(=O)[C@H](CCCCNC(N)=O)NC(=O)[C@@H](NC(=O)CCCCCN2C(=O)C=CC2=O)C(C)C)cc1)C(C)C. The maximum Gasteiger partial charge on any atom is 0.328 e. The van der Waals surface area contributed by atoms with Crippen LogP contribution >= 0.6 is 0 Å². The number of nitrogens with zero attached hydrogens (tertiary/aromatic N) is 4. The Bertz CT molecular complexity index is 2870. The molecule has 25 nitrogen and oxygen atoms in total. The number of ether oxygens (including phenoxy) is 3. The summed E-state index contributed by atoms with van der Waals surface area (Å²) in [6, 6.07) is 10.3. The number of unbranched alkanes of at least 4 members (excludes halogenated alkanes) is 3. The van der Waals surface area contributed by atoms with E-state index in [1.165, 1.54) is 33.5 Å². The van der Waals surface area contributed by atoms with E-state index in [1.54, 1.807) is 49.8 Å². The molecule has 2 heterocycles. The molecule has 11 atom stereocenters. The van der Waals surface area contributed by atoms with E-state index < -0.39 is 90.1 Å². The van der Waals surface area contributed by atoms with Crippen molar-refractivity contribution in [3.05, 3.63) is 77.9 Å². The molecule has 1 saturated heterocycles. The Hall–Kier alpha value is -7.77. The van der Waals surface area contributed by atoms with Crippen LogP contribution < -0.4 is 37.6 Å². The van der Waals surface area contributed by atoms with Gasteiger partial charge in [0.05, 0.1) is 49.8 Å². The number of anilines is 1. The van der Waals surface area contributed by atoms with Crippen LogP contribution in [0.3, 0.4) is 0 Å². The summed E-state index contributed by atoms with van der Waals surface area (Å²) in [7, 11) is 7.85. The Balaban J connectivity index is 1.39. The van der Waals surface area contributed by atoms with E-state index in [2.05, 4.69) is 31.9 Å². The second kappa shape index (κ2) is 39.9. The van der Waals surface area contributed by atoms with Gasteiger partial charge in [-0.25, -0.2) is 9.59 Å². The number of hydrogen-bond donors (Lipinski definition) is 7. The first kappa shape index (κ1) is 79.7. The molecule has 4 rings (SSSR count). The van der Waals surface area contributed by atoms with Gasteiger partial charge in [-0.15, -0.1) is 0 Å². The van der Waals surface area contributed by atoms with Gasteiger partial charge in [0.15, 0.2) is 0 Å². The highest BCUT2D eigenvalue weighted by molar-refractivity contribution is 6.12. The predicted octanol–water partition coefficient (Wildman–Crippen LogP) is 5.04. The molecule has 2 aliphatic rings. The van der Waals surface area contributed by atoms with Gasteiger partial charge in [0, 0.05) is 78.1 Å². The van der Waals surface area contributed by atoms with E-state index in [9.17, 15) is 52.7 Å². The number of amides is 11. The topological polar surface area (TPSA) is 327 Å². The third-order valence-corrected chi connectivity index (χ3v) is 18.2. The number of urea groups is 1. The molecule has 0 aliphatic carbocycles. The average Bonchev–Trinajstić information content (AvgIpc) is 1.80. The van der Waals surface area contributed by atoms with E-state index >= 15 is 0 Å². The fourth-order valence-corrected chi connectivity index (χ4v) is 12.6. The Morgan fingerprint density at radius 3 is 1.91 bits per heavy atom. The molecule has 11 amide bonds. The van der Waals surface area contributed by atoms with Gasteiger partial charge in [0.1, 0.15) is 24.2 Å². The second-order valence-electron chi connectivity index (χ2n) is 26.3. The van der Waals surface area contributed by atoms with E-state index in [0.29, 0.717) is 76.6 Å². The van der Waals surface area contributed by atoms with Crippen LogP contribution in [0.4, 0.5) is 10.5 Å². The molecule has 8 N–H and O–H groups in total. The number of carbonyl (C=O) groups excluding carboxylic acids is 11.